The van der Waals surface area contributed by atoms with Crippen molar-refractivity contribution in [1.29, 1.82) is 0 Å². The Morgan fingerprint density at radius 3 is 1.36 bits per heavy atom. The lowest BCUT2D eigenvalue weighted by Crippen LogP contribution is -2.49. The Bertz CT molecular complexity index is 276. The monoisotopic (exact) mass is 354 g/mol. The van der Waals surface area contributed by atoms with Crippen molar-refractivity contribution in [3.8, 4) is 0 Å². The van der Waals surface area contributed by atoms with Crippen LogP contribution in [0.3, 0.4) is 0 Å². The molecule has 0 aliphatic carbocycles. The molecule has 1 nitrogen and oxygen atoms in total. The summed E-state index contributed by atoms with van der Waals surface area (Å²) in [6.07, 6.45) is 18.0. The van der Waals surface area contributed by atoms with Crippen LogP contribution in [0.15, 0.2) is 0 Å². The first-order chi connectivity index (χ1) is 12.0. The lowest BCUT2D eigenvalue weighted by molar-refractivity contribution is -0.114. The molecule has 1 heteroatoms. The maximum Gasteiger partial charge on any atom is 0.0726 e. The van der Waals surface area contributed by atoms with Crippen LogP contribution in [-0.4, -0.2) is 10.7 Å². The minimum Gasteiger partial charge on any atom is -0.389 e. The van der Waals surface area contributed by atoms with Crippen LogP contribution in [0.25, 0.3) is 0 Å². The van der Waals surface area contributed by atoms with E-state index in [1.54, 1.807) is 0 Å². The Morgan fingerprint density at radius 1 is 0.600 bits per heavy atom. The second-order valence-electron chi connectivity index (χ2n) is 8.61. The molecule has 0 amide bonds. The summed E-state index contributed by atoms with van der Waals surface area (Å²) in [6, 6.07) is 0. The first-order valence-corrected chi connectivity index (χ1v) is 11.7. The number of hydrogen-bond donors (Lipinski definition) is 1. The van der Waals surface area contributed by atoms with Crippen LogP contribution in [-0.2, 0) is 0 Å². The molecule has 0 fully saturated rings. The molecule has 3 atom stereocenters. The molecule has 0 saturated heterocycles. The average Bonchev–Trinajstić information content (AvgIpc) is 2.63. The maximum absolute atomic E-state index is 11.8. The van der Waals surface area contributed by atoms with Crippen molar-refractivity contribution < 1.29 is 5.11 Å². The molecule has 0 aliphatic heterocycles. The number of unbranched alkanes of at least 4 members (excludes halogenated alkanes) is 8. The maximum atomic E-state index is 11.8. The Kier molecular flexibility index (Phi) is 15.0. The second kappa shape index (κ2) is 15.1. The molecule has 0 bridgehead atoms. The molecule has 0 aromatic heterocycles. The zero-order valence-electron chi connectivity index (χ0n) is 18.6. The number of hydrogen-bond acceptors (Lipinski definition) is 1. The Morgan fingerprint density at radius 2 is 0.960 bits per heavy atom. The first kappa shape index (κ1) is 25.0. The molecule has 0 rings (SSSR count). The van der Waals surface area contributed by atoms with Gasteiger partial charge in [-0.1, -0.05) is 119 Å². The summed E-state index contributed by atoms with van der Waals surface area (Å²) in [4.78, 5) is 0. The van der Waals surface area contributed by atoms with Crippen molar-refractivity contribution in [3.05, 3.63) is 0 Å². The lowest BCUT2D eigenvalue weighted by Gasteiger charge is -2.45. The Labute approximate surface area is 160 Å². The standard InChI is InChI=1S/C24H50O/c1-7-11-13-15-16-18-20-23(19-17-14-12-8-2)24(25,21(5)9-3)22(6)10-4/h21-23,25H,7-20H2,1-6H3. The fourth-order valence-electron chi connectivity index (χ4n) is 4.54. The van der Waals surface area contributed by atoms with Crippen LogP contribution in [0.1, 0.15) is 131 Å². The van der Waals surface area contributed by atoms with Crippen molar-refractivity contribution in [1.82, 2.24) is 0 Å². The van der Waals surface area contributed by atoms with Crippen molar-refractivity contribution in [3.63, 3.8) is 0 Å². The first-order valence-electron chi connectivity index (χ1n) is 11.7. The van der Waals surface area contributed by atoms with E-state index in [0.29, 0.717) is 17.8 Å². The van der Waals surface area contributed by atoms with Crippen LogP contribution >= 0.6 is 0 Å². The molecule has 0 spiro atoms. The van der Waals surface area contributed by atoms with E-state index in [-0.39, 0.29) is 0 Å². The summed E-state index contributed by atoms with van der Waals surface area (Å²) in [5.74, 6) is 1.29. The molecule has 25 heavy (non-hydrogen) atoms. The molecule has 0 aliphatic rings. The van der Waals surface area contributed by atoms with E-state index in [1.807, 2.05) is 0 Å². The smallest absolute Gasteiger partial charge is 0.0726 e. The van der Waals surface area contributed by atoms with Gasteiger partial charge < -0.3 is 5.11 Å². The van der Waals surface area contributed by atoms with Gasteiger partial charge in [0.1, 0.15) is 0 Å². The van der Waals surface area contributed by atoms with Gasteiger partial charge >= 0.3 is 0 Å². The van der Waals surface area contributed by atoms with Crippen LogP contribution in [0.2, 0.25) is 0 Å². The van der Waals surface area contributed by atoms with Gasteiger partial charge in [-0.2, -0.15) is 0 Å². The van der Waals surface area contributed by atoms with E-state index >= 15 is 0 Å². The third-order valence-corrected chi connectivity index (χ3v) is 6.77. The molecule has 0 radical (unpaired) electrons. The largest absolute Gasteiger partial charge is 0.389 e. The number of rotatable bonds is 17. The summed E-state index contributed by atoms with van der Waals surface area (Å²) in [5, 5.41) is 11.8. The van der Waals surface area contributed by atoms with Crippen LogP contribution in [0, 0.1) is 17.8 Å². The quantitative estimate of drug-likeness (QED) is 0.261. The summed E-state index contributed by atoms with van der Waals surface area (Å²) < 4.78 is 0. The average molecular weight is 355 g/mol. The molecule has 0 aromatic carbocycles. The van der Waals surface area contributed by atoms with Crippen molar-refractivity contribution in [2.24, 2.45) is 17.8 Å². The summed E-state index contributed by atoms with van der Waals surface area (Å²) in [7, 11) is 0. The minimum absolute atomic E-state index is 0.402. The van der Waals surface area contributed by atoms with Crippen LogP contribution in [0.5, 0.6) is 0 Å². The van der Waals surface area contributed by atoms with Gasteiger partial charge in [-0.3, -0.25) is 0 Å². The van der Waals surface area contributed by atoms with Gasteiger partial charge in [-0.15, -0.1) is 0 Å². The number of aliphatic hydroxyl groups is 1. The molecule has 0 heterocycles. The lowest BCUT2D eigenvalue weighted by atomic mass is 9.65. The molecule has 152 valence electrons. The Hall–Kier alpha value is -0.0400. The van der Waals surface area contributed by atoms with Crippen molar-refractivity contribution >= 4 is 0 Å². The normalized spacial score (nSPS) is 17.9. The molecule has 3 unspecified atom stereocenters. The predicted molar refractivity (Wildman–Crippen MR) is 114 cm³/mol. The van der Waals surface area contributed by atoms with Gasteiger partial charge in [0.25, 0.3) is 0 Å². The van der Waals surface area contributed by atoms with Gasteiger partial charge in [0.05, 0.1) is 5.60 Å². The van der Waals surface area contributed by atoms with Crippen LogP contribution in [0.4, 0.5) is 0 Å². The van der Waals surface area contributed by atoms with E-state index in [1.165, 1.54) is 77.0 Å². The topological polar surface area (TPSA) is 20.2 Å². The van der Waals surface area contributed by atoms with Crippen molar-refractivity contribution in [2.45, 2.75) is 137 Å². The summed E-state index contributed by atoms with van der Waals surface area (Å²) >= 11 is 0. The minimum atomic E-state index is -0.473. The molecule has 0 saturated carbocycles. The highest BCUT2D eigenvalue weighted by atomic mass is 16.3. The highest BCUT2D eigenvalue weighted by Crippen LogP contribution is 2.42. The highest BCUT2D eigenvalue weighted by Gasteiger charge is 2.43. The highest BCUT2D eigenvalue weighted by molar-refractivity contribution is 4.94. The summed E-state index contributed by atoms with van der Waals surface area (Å²) in [5.41, 5.74) is -0.473. The third-order valence-electron chi connectivity index (χ3n) is 6.77. The van der Waals surface area contributed by atoms with Gasteiger partial charge in [-0.25, -0.2) is 0 Å². The zero-order valence-corrected chi connectivity index (χ0v) is 18.6. The van der Waals surface area contributed by atoms with Gasteiger partial charge in [-0.05, 0) is 30.6 Å². The van der Waals surface area contributed by atoms with E-state index in [4.69, 9.17) is 0 Å². The molecule has 1 N–H and O–H groups in total. The predicted octanol–water partition coefficient (Wildman–Crippen LogP) is 8.15. The second-order valence-corrected chi connectivity index (χ2v) is 8.61. The SMILES string of the molecule is CCCCCCCCC(CCCCCC)C(O)(C(C)CC)C(C)CC. The fourth-order valence-corrected chi connectivity index (χ4v) is 4.54. The van der Waals surface area contributed by atoms with Gasteiger partial charge in [0, 0.05) is 0 Å². The molecular formula is C24H50O. The fraction of sp³-hybridized carbons (Fsp3) is 1.00. The molecular weight excluding hydrogens is 304 g/mol. The van der Waals surface area contributed by atoms with Crippen LogP contribution < -0.4 is 0 Å². The molecule has 0 aromatic rings. The van der Waals surface area contributed by atoms with E-state index in [2.05, 4.69) is 41.5 Å². The van der Waals surface area contributed by atoms with E-state index in [0.717, 1.165) is 12.8 Å². The van der Waals surface area contributed by atoms with Gasteiger partial charge in [0.15, 0.2) is 0 Å². The zero-order chi connectivity index (χ0) is 19.1. The van der Waals surface area contributed by atoms with E-state index in [9.17, 15) is 5.11 Å². The van der Waals surface area contributed by atoms with Crippen molar-refractivity contribution in [2.75, 3.05) is 0 Å². The van der Waals surface area contributed by atoms with Gasteiger partial charge in [0.2, 0.25) is 0 Å². The Balaban J connectivity index is 4.84. The third kappa shape index (κ3) is 8.94. The summed E-state index contributed by atoms with van der Waals surface area (Å²) in [6.45, 7) is 13.6. The van der Waals surface area contributed by atoms with E-state index < -0.39 is 5.60 Å².